The van der Waals surface area contributed by atoms with E-state index in [-0.39, 0.29) is 49.4 Å². The van der Waals surface area contributed by atoms with Crippen LogP contribution in [0.2, 0.25) is 0 Å². The number of hydrogen-bond acceptors (Lipinski definition) is 6. The summed E-state index contributed by atoms with van der Waals surface area (Å²) in [5.41, 5.74) is 1.85. The lowest BCUT2D eigenvalue weighted by atomic mass is 9.86. The SMILES string of the molecule is Fc1cc2nc([C@@H]3CCCN3)[nH]c2cc1C1CC[C@H](c2cc3[nH]c([C@@H]4CCCN4)nc3cc2F)N1c1cc(F)c(N2CCC(F)(c3ccccc3)CC2)c(F)c1. The van der Waals surface area contributed by atoms with Crippen LogP contribution in [-0.2, 0) is 5.67 Å². The molecule has 6 aromatic rings. The first-order valence-electron chi connectivity index (χ1n) is 19.8. The van der Waals surface area contributed by atoms with Gasteiger partial charge in [0.05, 0.1) is 46.2 Å². The second kappa shape index (κ2) is 13.9. The van der Waals surface area contributed by atoms with Crippen LogP contribution in [0.5, 0.6) is 0 Å². The zero-order valence-electron chi connectivity index (χ0n) is 30.8. The van der Waals surface area contributed by atoms with Crippen molar-refractivity contribution in [3.8, 4) is 0 Å². The zero-order valence-corrected chi connectivity index (χ0v) is 30.8. The number of nitrogens with one attached hydrogen (secondary N) is 4. The van der Waals surface area contributed by atoms with Crippen molar-refractivity contribution < 1.29 is 22.0 Å². The molecule has 0 spiro atoms. The third-order valence-corrected chi connectivity index (χ3v) is 12.6. The van der Waals surface area contributed by atoms with Crippen LogP contribution < -0.4 is 20.4 Å². The minimum atomic E-state index is -1.59. The number of benzene rings is 4. The van der Waals surface area contributed by atoms with E-state index >= 15 is 22.0 Å². The van der Waals surface area contributed by atoms with Gasteiger partial charge in [-0.05, 0) is 81.4 Å². The molecule has 4 aromatic carbocycles. The summed E-state index contributed by atoms with van der Waals surface area (Å²) in [5, 5.41) is 6.84. The maximum atomic E-state index is 16.4. The van der Waals surface area contributed by atoms with Crippen molar-refractivity contribution in [1.82, 2.24) is 30.6 Å². The fraction of sp³-hybridized carbons (Fsp3) is 0.395. The number of piperidine rings is 1. The summed E-state index contributed by atoms with van der Waals surface area (Å²) < 4.78 is 81.4. The number of anilines is 2. The number of nitrogens with zero attached hydrogens (tertiary/aromatic N) is 4. The number of aromatic amines is 2. The highest BCUT2D eigenvalue weighted by atomic mass is 19.2. The Hall–Kier alpha value is -5.01. The first-order valence-corrected chi connectivity index (χ1v) is 19.8. The molecule has 13 heteroatoms. The normalized spacial score (nSPS) is 23.9. The molecule has 10 rings (SSSR count). The largest absolute Gasteiger partial charge is 0.367 e. The second-order valence-electron chi connectivity index (χ2n) is 15.9. The summed E-state index contributed by atoms with van der Waals surface area (Å²) >= 11 is 0. The van der Waals surface area contributed by atoms with Crippen molar-refractivity contribution in [3.63, 3.8) is 0 Å². The Morgan fingerprint density at radius 1 is 0.625 bits per heavy atom. The highest BCUT2D eigenvalue weighted by Gasteiger charge is 2.41. The molecule has 290 valence electrons. The molecule has 0 bridgehead atoms. The molecular formula is C43H43F5N8. The van der Waals surface area contributed by atoms with Gasteiger partial charge in [0.2, 0.25) is 0 Å². The average molecular weight is 767 g/mol. The predicted octanol–water partition coefficient (Wildman–Crippen LogP) is 9.39. The summed E-state index contributed by atoms with van der Waals surface area (Å²) in [6.07, 6.45) is 4.83. The van der Waals surface area contributed by atoms with Crippen molar-refractivity contribution in [1.29, 1.82) is 0 Å². The zero-order chi connectivity index (χ0) is 38.1. The molecule has 0 radical (unpaired) electrons. The molecule has 0 amide bonds. The molecule has 0 saturated carbocycles. The highest BCUT2D eigenvalue weighted by molar-refractivity contribution is 5.78. The van der Waals surface area contributed by atoms with Gasteiger partial charge in [0, 0.05) is 54.9 Å². The van der Waals surface area contributed by atoms with E-state index in [1.807, 2.05) is 6.07 Å². The molecule has 2 aromatic heterocycles. The van der Waals surface area contributed by atoms with Crippen molar-refractivity contribution in [2.45, 2.75) is 81.2 Å². The lowest BCUT2D eigenvalue weighted by Crippen LogP contribution is -2.41. The van der Waals surface area contributed by atoms with Gasteiger partial charge >= 0.3 is 0 Å². The van der Waals surface area contributed by atoms with Gasteiger partial charge in [0.25, 0.3) is 0 Å². The van der Waals surface area contributed by atoms with E-state index < -0.39 is 41.0 Å². The van der Waals surface area contributed by atoms with Crippen LogP contribution >= 0.6 is 0 Å². The minimum absolute atomic E-state index is 0.0515. The van der Waals surface area contributed by atoms with Crippen LogP contribution in [0.25, 0.3) is 22.1 Å². The summed E-state index contributed by atoms with van der Waals surface area (Å²) in [4.78, 5) is 19.4. The molecule has 8 nitrogen and oxygen atoms in total. The van der Waals surface area contributed by atoms with Gasteiger partial charge in [-0.25, -0.2) is 31.9 Å². The van der Waals surface area contributed by atoms with Gasteiger partial charge in [-0.3, -0.25) is 0 Å². The van der Waals surface area contributed by atoms with Gasteiger partial charge in [0.1, 0.15) is 34.6 Å². The number of rotatable bonds is 7. The first-order chi connectivity index (χ1) is 27.2. The number of halogens is 5. The molecule has 4 aliphatic rings. The van der Waals surface area contributed by atoms with E-state index in [9.17, 15) is 0 Å². The first kappa shape index (κ1) is 35.4. The van der Waals surface area contributed by atoms with E-state index in [0.29, 0.717) is 51.6 Å². The van der Waals surface area contributed by atoms with Crippen LogP contribution in [0.3, 0.4) is 0 Å². The molecule has 4 aliphatic heterocycles. The lowest BCUT2D eigenvalue weighted by Gasteiger charge is -2.38. The Morgan fingerprint density at radius 2 is 1.14 bits per heavy atom. The molecule has 6 heterocycles. The molecule has 4 atom stereocenters. The second-order valence-corrected chi connectivity index (χ2v) is 15.9. The highest BCUT2D eigenvalue weighted by Crippen LogP contribution is 2.50. The minimum Gasteiger partial charge on any atom is -0.367 e. The number of alkyl halides is 1. The maximum Gasteiger partial charge on any atom is 0.151 e. The standard InChI is InChI=1S/C43H43F5N8/c44-28-22-36-34(51-41(53-36)32-8-4-14-49-32)20-26(28)38-10-11-39(27-21-35-37(23-29(27)45)54-42(52-35)33-9-5-15-50-33)56(38)25-18-30(46)40(31(47)19-25)55-16-12-43(48,13-17-55)24-6-2-1-3-7-24/h1-3,6-7,18-23,32-33,38-39,49-50H,4-5,8-17H2,(H,51,53)(H,52,54)/t32-,33-,38+,39?/m0/s1. The van der Waals surface area contributed by atoms with Gasteiger partial charge in [0.15, 0.2) is 11.6 Å². The predicted molar refractivity (Wildman–Crippen MR) is 206 cm³/mol. The van der Waals surface area contributed by atoms with E-state index in [1.54, 1.807) is 46.2 Å². The molecule has 56 heavy (non-hydrogen) atoms. The van der Waals surface area contributed by atoms with Crippen molar-refractivity contribution >= 4 is 33.4 Å². The summed E-state index contributed by atoms with van der Waals surface area (Å²) in [5.74, 6) is -1.14. The van der Waals surface area contributed by atoms with E-state index in [0.717, 1.165) is 50.4 Å². The van der Waals surface area contributed by atoms with Crippen LogP contribution in [0.15, 0.2) is 66.7 Å². The van der Waals surface area contributed by atoms with Crippen LogP contribution in [-0.4, -0.2) is 46.1 Å². The van der Waals surface area contributed by atoms with Gasteiger partial charge in [-0.2, -0.15) is 0 Å². The van der Waals surface area contributed by atoms with Crippen LogP contribution in [0.1, 0.15) is 104 Å². The number of H-pyrrole nitrogens is 2. The summed E-state index contributed by atoms with van der Waals surface area (Å²) in [6, 6.07) is 16.4. The fourth-order valence-corrected chi connectivity index (χ4v) is 9.71. The third-order valence-electron chi connectivity index (χ3n) is 12.6. The molecule has 4 saturated heterocycles. The number of hydrogen-bond donors (Lipinski definition) is 4. The van der Waals surface area contributed by atoms with Gasteiger partial charge in [-0.1, -0.05) is 30.3 Å². The third kappa shape index (κ3) is 6.10. The van der Waals surface area contributed by atoms with E-state index in [1.165, 1.54) is 24.3 Å². The topological polar surface area (TPSA) is 87.9 Å². The van der Waals surface area contributed by atoms with E-state index in [4.69, 9.17) is 0 Å². The van der Waals surface area contributed by atoms with Crippen molar-refractivity contribution in [2.75, 3.05) is 36.0 Å². The van der Waals surface area contributed by atoms with Crippen LogP contribution in [0, 0.1) is 23.3 Å². The molecule has 0 aliphatic carbocycles. The van der Waals surface area contributed by atoms with Gasteiger partial charge < -0.3 is 30.4 Å². The molecule has 4 fully saturated rings. The molecule has 4 N–H and O–H groups in total. The molecule has 1 unspecified atom stereocenters. The number of fused-ring (bicyclic) bond motifs is 2. The van der Waals surface area contributed by atoms with Gasteiger partial charge in [-0.15, -0.1) is 0 Å². The average Bonchev–Trinajstić information content (AvgIpc) is 4.05. The Kier molecular flexibility index (Phi) is 8.77. The van der Waals surface area contributed by atoms with Crippen molar-refractivity contribution in [2.24, 2.45) is 0 Å². The Bertz CT molecular complexity index is 2280. The summed E-state index contributed by atoms with van der Waals surface area (Å²) in [6.45, 7) is 2.00. The number of aromatic nitrogens is 4. The fourth-order valence-electron chi connectivity index (χ4n) is 9.71. The lowest BCUT2D eigenvalue weighted by molar-refractivity contribution is 0.124. The van der Waals surface area contributed by atoms with E-state index in [2.05, 4.69) is 30.6 Å². The monoisotopic (exact) mass is 766 g/mol. The quantitative estimate of drug-likeness (QED) is 0.121. The Labute approximate surface area is 320 Å². The maximum absolute atomic E-state index is 16.4. The molecular weight excluding hydrogens is 724 g/mol. The van der Waals surface area contributed by atoms with Crippen molar-refractivity contribution in [3.05, 3.63) is 118 Å². The number of imidazole rings is 2. The van der Waals surface area contributed by atoms with Crippen LogP contribution in [0.4, 0.5) is 33.3 Å². The summed E-state index contributed by atoms with van der Waals surface area (Å²) in [7, 11) is 0. The Morgan fingerprint density at radius 3 is 1.62 bits per heavy atom. The Balaban J connectivity index is 1.03. The smallest absolute Gasteiger partial charge is 0.151 e.